The minimum absolute atomic E-state index is 0.0534. The minimum Gasteiger partial charge on any atom is -0.392 e. The second-order valence-corrected chi connectivity index (χ2v) is 3.82. The third-order valence-electron chi connectivity index (χ3n) is 1.91. The number of hydrogen-bond donors (Lipinski definition) is 1. The van der Waals surface area contributed by atoms with E-state index in [-0.39, 0.29) is 6.61 Å². The molecule has 2 heterocycles. The van der Waals surface area contributed by atoms with Gasteiger partial charge in [-0.3, -0.25) is 9.97 Å². The summed E-state index contributed by atoms with van der Waals surface area (Å²) in [6.07, 6.45) is 8.67. The molecule has 0 atom stereocenters. The van der Waals surface area contributed by atoms with Gasteiger partial charge in [0.2, 0.25) is 0 Å². The van der Waals surface area contributed by atoms with Crippen LogP contribution in [0.3, 0.4) is 0 Å². The van der Waals surface area contributed by atoms with E-state index in [0.29, 0.717) is 0 Å². The fourth-order valence-electron chi connectivity index (χ4n) is 1.26. The van der Waals surface area contributed by atoms with Crippen molar-refractivity contribution in [2.45, 2.75) is 0 Å². The molecule has 0 saturated heterocycles. The number of rotatable bonds is 3. The van der Waals surface area contributed by atoms with Crippen molar-refractivity contribution in [3.05, 3.63) is 41.0 Å². The Morgan fingerprint density at radius 2 is 2.33 bits per heavy atom. The Kier molecular flexibility index (Phi) is 3.22. The molecule has 0 aromatic carbocycles. The third-order valence-corrected chi connectivity index (χ3v) is 2.79. The van der Waals surface area contributed by atoms with Gasteiger partial charge in [-0.2, -0.15) is 0 Å². The van der Waals surface area contributed by atoms with Gasteiger partial charge in [-0.25, -0.2) is 0 Å². The second kappa shape index (κ2) is 4.82. The zero-order valence-electron chi connectivity index (χ0n) is 8.00. The first-order valence-corrected chi connectivity index (χ1v) is 5.41. The number of aliphatic hydroxyl groups excluding tert-OH is 1. The summed E-state index contributed by atoms with van der Waals surface area (Å²) in [4.78, 5) is 9.36. The lowest BCUT2D eigenvalue weighted by molar-refractivity contribution is 0.343. The van der Waals surface area contributed by atoms with Gasteiger partial charge in [-0.1, -0.05) is 6.08 Å². The summed E-state index contributed by atoms with van der Waals surface area (Å²) >= 11 is 1.62. The van der Waals surface area contributed by atoms with Crippen LogP contribution in [0.15, 0.2) is 36.1 Å². The molecule has 0 aliphatic heterocycles. The van der Waals surface area contributed by atoms with Crippen LogP contribution in [0.25, 0.3) is 17.3 Å². The first kappa shape index (κ1) is 10.0. The normalized spacial score (nSPS) is 11.0. The van der Waals surface area contributed by atoms with Crippen LogP contribution in [-0.2, 0) is 0 Å². The average molecular weight is 218 g/mol. The predicted molar refractivity (Wildman–Crippen MR) is 61.5 cm³/mol. The van der Waals surface area contributed by atoms with Crippen molar-refractivity contribution < 1.29 is 5.11 Å². The number of aromatic nitrogens is 2. The molecule has 15 heavy (non-hydrogen) atoms. The lowest BCUT2D eigenvalue weighted by Crippen LogP contribution is -1.83. The Balaban J connectivity index is 2.37. The third kappa shape index (κ3) is 2.29. The van der Waals surface area contributed by atoms with Crippen LogP contribution in [0.4, 0.5) is 0 Å². The predicted octanol–water partition coefficient (Wildman–Crippen LogP) is 2.21. The van der Waals surface area contributed by atoms with Gasteiger partial charge in [0, 0.05) is 22.8 Å². The van der Waals surface area contributed by atoms with Crippen molar-refractivity contribution in [2.24, 2.45) is 0 Å². The Bertz CT molecular complexity index is 451. The van der Waals surface area contributed by atoms with Crippen molar-refractivity contribution in [2.75, 3.05) is 6.61 Å². The summed E-state index contributed by atoms with van der Waals surface area (Å²) in [5.41, 5.74) is 1.91. The van der Waals surface area contributed by atoms with E-state index in [1.807, 2.05) is 17.5 Å². The molecular formula is C11H10N2OS. The Morgan fingerprint density at radius 1 is 1.40 bits per heavy atom. The van der Waals surface area contributed by atoms with Gasteiger partial charge in [0.15, 0.2) is 0 Å². The van der Waals surface area contributed by atoms with E-state index in [1.165, 1.54) is 0 Å². The van der Waals surface area contributed by atoms with E-state index in [4.69, 9.17) is 5.11 Å². The SMILES string of the molecule is OC/C=C/c1sccc1-c1cnccn1. The van der Waals surface area contributed by atoms with E-state index in [2.05, 4.69) is 9.97 Å². The smallest absolute Gasteiger partial charge is 0.0899 e. The topological polar surface area (TPSA) is 46.0 Å². The van der Waals surface area contributed by atoms with Crippen LogP contribution in [0.5, 0.6) is 0 Å². The van der Waals surface area contributed by atoms with Crippen LogP contribution in [0, 0.1) is 0 Å². The maximum atomic E-state index is 8.72. The molecule has 76 valence electrons. The van der Waals surface area contributed by atoms with Gasteiger partial charge in [0.25, 0.3) is 0 Å². The molecule has 0 fully saturated rings. The van der Waals surface area contributed by atoms with Gasteiger partial charge in [-0.05, 0) is 17.5 Å². The van der Waals surface area contributed by atoms with E-state index >= 15 is 0 Å². The van der Waals surface area contributed by atoms with Crippen LogP contribution in [0.1, 0.15) is 4.88 Å². The van der Waals surface area contributed by atoms with Crippen LogP contribution in [0.2, 0.25) is 0 Å². The van der Waals surface area contributed by atoms with Crippen LogP contribution < -0.4 is 0 Å². The lowest BCUT2D eigenvalue weighted by Gasteiger charge is -1.97. The quantitative estimate of drug-likeness (QED) is 0.859. The summed E-state index contributed by atoms with van der Waals surface area (Å²) in [6, 6.07) is 2.01. The van der Waals surface area contributed by atoms with E-state index in [9.17, 15) is 0 Å². The molecule has 0 aliphatic carbocycles. The standard InChI is InChI=1S/C11H10N2OS/c14-6-1-2-11-9(3-7-15-11)10-8-12-4-5-13-10/h1-5,7-8,14H,6H2/b2-1+. The molecule has 1 N–H and O–H groups in total. The summed E-state index contributed by atoms with van der Waals surface area (Å²) in [7, 11) is 0. The molecule has 0 unspecified atom stereocenters. The molecule has 0 saturated carbocycles. The molecule has 0 aliphatic rings. The monoisotopic (exact) mass is 218 g/mol. The summed E-state index contributed by atoms with van der Waals surface area (Å²) in [5.74, 6) is 0. The van der Waals surface area contributed by atoms with Crippen LogP contribution in [-0.4, -0.2) is 21.7 Å². The Morgan fingerprint density at radius 3 is 3.07 bits per heavy atom. The van der Waals surface area contributed by atoms with Crippen molar-refractivity contribution in [3.63, 3.8) is 0 Å². The molecule has 2 rings (SSSR count). The van der Waals surface area contributed by atoms with Gasteiger partial charge in [0.05, 0.1) is 18.5 Å². The zero-order chi connectivity index (χ0) is 10.5. The van der Waals surface area contributed by atoms with Gasteiger partial charge >= 0.3 is 0 Å². The van der Waals surface area contributed by atoms with Crippen molar-refractivity contribution in [1.29, 1.82) is 0 Å². The number of hydrogen-bond acceptors (Lipinski definition) is 4. The van der Waals surface area contributed by atoms with Crippen molar-refractivity contribution in [3.8, 4) is 11.3 Å². The number of aliphatic hydroxyl groups is 1. The first-order valence-electron chi connectivity index (χ1n) is 4.53. The Labute approximate surface area is 91.8 Å². The summed E-state index contributed by atoms with van der Waals surface area (Å²) < 4.78 is 0. The van der Waals surface area contributed by atoms with Gasteiger partial charge < -0.3 is 5.11 Å². The highest BCUT2D eigenvalue weighted by Crippen LogP contribution is 2.27. The highest BCUT2D eigenvalue weighted by Gasteiger charge is 2.04. The minimum atomic E-state index is 0.0534. The number of nitrogens with zero attached hydrogens (tertiary/aromatic N) is 2. The fraction of sp³-hybridized carbons (Fsp3) is 0.0909. The highest BCUT2D eigenvalue weighted by molar-refractivity contribution is 7.11. The van der Waals surface area contributed by atoms with Crippen molar-refractivity contribution in [1.82, 2.24) is 9.97 Å². The molecule has 4 heteroatoms. The van der Waals surface area contributed by atoms with Gasteiger partial charge in [-0.15, -0.1) is 11.3 Å². The van der Waals surface area contributed by atoms with Gasteiger partial charge in [0.1, 0.15) is 0 Å². The molecule has 2 aromatic heterocycles. The molecule has 0 bridgehead atoms. The molecule has 3 nitrogen and oxygen atoms in total. The van der Waals surface area contributed by atoms with E-state index in [1.54, 1.807) is 36.0 Å². The Hall–Kier alpha value is -1.52. The summed E-state index contributed by atoms with van der Waals surface area (Å²) in [5, 5.41) is 10.7. The highest BCUT2D eigenvalue weighted by atomic mass is 32.1. The molecular weight excluding hydrogens is 208 g/mol. The van der Waals surface area contributed by atoms with E-state index < -0.39 is 0 Å². The number of thiophene rings is 1. The molecule has 0 spiro atoms. The first-order chi connectivity index (χ1) is 7.42. The average Bonchev–Trinajstić information content (AvgIpc) is 2.75. The molecule has 0 amide bonds. The molecule has 0 radical (unpaired) electrons. The zero-order valence-corrected chi connectivity index (χ0v) is 8.81. The summed E-state index contributed by atoms with van der Waals surface area (Å²) in [6.45, 7) is 0.0534. The largest absolute Gasteiger partial charge is 0.392 e. The fourth-order valence-corrected chi connectivity index (χ4v) is 2.08. The second-order valence-electron chi connectivity index (χ2n) is 2.87. The maximum Gasteiger partial charge on any atom is 0.0899 e. The lowest BCUT2D eigenvalue weighted by atomic mass is 10.2. The van der Waals surface area contributed by atoms with Crippen LogP contribution >= 0.6 is 11.3 Å². The molecule has 2 aromatic rings. The maximum absolute atomic E-state index is 8.72. The van der Waals surface area contributed by atoms with E-state index in [0.717, 1.165) is 16.1 Å². The van der Waals surface area contributed by atoms with Crippen molar-refractivity contribution >= 4 is 17.4 Å².